The van der Waals surface area contributed by atoms with E-state index in [0.29, 0.717) is 5.56 Å². The van der Waals surface area contributed by atoms with Crippen molar-refractivity contribution in [3.63, 3.8) is 0 Å². The van der Waals surface area contributed by atoms with Crippen LogP contribution in [0.15, 0.2) is 42.5 Å². The maximum atomic E-state index is 13.7. The largest absolute Gasteiger partial charge is 0.494 e. The van der Waals surface area contributed by atoms with Crippen LogP contribution in [0.3, 0.4) is 0 Å². The fraction of sp³-hybridized carbons (Fsp3) is 0.278. The number of hydrogen-bond acceptors (Lipinski definition) is 3. The molecule has 0 heterocycles. The summed E-state index contributed by atoms with van der Waals surface area (Å²) in [5.41, 5.74) is -0.442. The monoisotopic (exact) mass is 371 g/mol. The van der Waals surface area contributed by atoms with E-state index >= 15 is 0 Å². The van der Waals surface area contributed by atoms with Gasteiger partial charge >= 0.3 is 6.18 Å². The van der Waals surface area contributed by atoms with Crippen LogP contribution in [-0.2, 0) is 17.5 Å². The third-order valence-electron chi connectivity index (χ3n) is 3.61. The summed E-state index contributed by atoms with van der Waals surface area (Å²) in [5, 5.41) is 0. The summed E-state index contributed by atoms with van der Waals surface area (Å²) < 4.78 is 62.2. The van der Waals surface area contributed by atoms with Gasteiger partial charge in [0, 0.05) is 13.6 Å². The molecule has 4 nitrogen and oxygen atoms in total. The van der Waals surface area contributed by atoms with E-state index in [1.165, 1.54) is 43.3 Å². The summed E-state index contributed by atoms with van der Waals surface area (Å²) >= 11 is 0. The van der Waals surface area contributed by atoms with E-state index < -0.39 is 35.8 Å². The number of ether oxygens (including phenoxy) is 2. The number of nitrogens with zero attached hydrogens (tertiary/aromatic N) is 1. The third kappa shape index (κ3) is 4.87. The van der Waals surface area contributed by atoms with E-state index in [9.17, 15) is 22.4 Å². The Bertz CT molecular complexity index is 777. The molecule has 0 N–H and O–H groups in total. The molecule has 0 aliphatic rings. The van der Waals surface area contributed by atoms with Crippen molar-refractivity contribution in [2.75, 3.05) is 20.8 Å². The number of carbonyl (C=O) groups excluding carboxylic acids is 1. The normalized spacial score (nSPS) is 11.2. The van der Waals surface area contributed by atoms with Gasteiger partial charge in [-0.25, -0.2) is 4.39 Å². The van der Waals surface area contributed by atoms with Gasteiger partial charge in [0.15, 0.2) is 18.2 Å². The molecule has 2 rings (SSSR count). The van der Waals surface area contributed by atoms with Crippen molar-refractivity contribution in [3.8, 4) is 11.5 Å². The molecule has 8 heteroatoms. The first kappa shape index (κ1) is 19.6. The maximum absolute atomic E-state index is 13.7. The molecule has 2 aromatic rings. The SMILES string of the molecule is COc1ccc(CN(C)C(=O)COc2ccccc2C(F)(F)F)cc1F. The minimum Gasteiger partial charge on any atom is -0.494 e. The Kier molecular flexibility index (Phi) is 6.07. The Balaban J connectivity index is 1.99. The molecule has 0 spiro atoms. The summed E-state index contributed by atoms with van der Waals surface area (Å²) in [7, 11) is 2.79. The Morgan fingerprint density at radius 2 is 1.81 bits per heavy atom. The Morgan fingerprint density at radius 3 is 2.42 bits per heavy atom. The Morgan fingerprint density at radius 1 is 1.12 bits per heavy atom. The molecular weight excluding hydrogens is 354 g/mol. The molecule has 0 aliphatic heterocycles. The van der Waals surface area contributed by atoms with Gasteiger partial charge in [-0.2, -0.15) is 13.2 Å². The number of halogens is 4. The van der Waals surface area contributed by atoms with Crippen LogP contribution >= 0.6 is 0 Å². The van der Waals surface area contributed by atoms with Crippen LogP contribution in [0.25, 0.3) is 0 Å². The Labute approximate surface area is 147 Å². The number of methoxy groups -OCH3 is 1. The number of hydrogen-bond donors (Lipinski definition) is 0. The standard InChI is InChI=1S/C18H17F4NO3/c1-23(10-12-7-8-16(25-2)14(19)9-12)17(24)11-26-15-6-4-3-5-13(15)18(20,21)22/h3-9H,10-11H2,1-2H3. The molecule has 2 aromatic carbocycles. The second kappa shape index (κ2) is 8.07. The van der Waals surface area contributed by atoms with Crippen LogP contribution in [0.2, 0.25) is 0 Å². The highest BCUT2D eigenvalue weighted by atomic mass is 19.4. The molecule has 0 saturated carbocycles. The van der Waals surface area contributed by atoms with Gasteiger partial charge in [-0.1, -0.05) is 18.2 Å². The molecule has 0 atom stereocenters. The molecule has 0 saturated heterocycles. The van der Waals surface area contributed by atoms with Gasteiger partial charge in [-0.3, -0.25) is 4.79 Å². The quantitative estimate of drug-likeness (QED) is 0.723. The first-order valence-corrected chi connectivity index (χ1v) is 7.57. The number of likely N-dealkylation sites (N-methyl/N-ethyl adjacent to an activating group) is 1. The molecule has 26 heavy (non-hydrogen) atoms. The molecule has 0 aliphatic carbocycles. The van der Waals surface area contributed by atoms with Crippen LogP contribution in [0.4, 0.5) is 17.6 Å². The van der Waals surface area contributed by atoms with Crippen LogP contribution < -0.4 is 9.47 Å². The van der Waals surface area contributed by atoms with Crippen molar-refractivity contribution < 1.29 is 31.8 Å². The number of benzene rings is 2. The van der Waals surface area contributed by atoms with Crippen LogP contribution in [0.5, 0.6) is 11.5 Å². The lowest BCUT2D eigenvalue weighted by atomic mass is 10.2. The second-order valence-corrected chi connectivity index (χ2v) is 5.50. The summed E-state index contributed by atoms with van der Waals surface area (Å²) in [6.07, 6.45) is -4.58. The number of para-hydroxylation sites is 1. The first-order valence-electron chi connectivity index (χ1n) is 7.57. The molecule has 0 aromatic heterocycles. The van der Waals surface area contributed by atoms with E-state index in [2.05, 4.69) is 0 Å². The van der Waals surface area contributed by atoms with Crippen molar-refractivity contribution in [1.29, 1.82) is 0 Å². The van der Waals surface area contributed by atoms with Crippen molar-refractivity contribution >= 4 is 5.91 Å². The molecule has 0 unspecified atom stereocenters. The highest BCUT2D eigenvalue weighted by Gasteiger charge is 2.34. The lowest BCUT2D eigenvalue weighted by Crippen LogP contribution is -2.31. The van der Waals surface area contributed by atoms with E-state index in [-0.39, 0.29) is 12.3 Å². The third-order valence-corrected chi connectivity index (χ3v) is 3.61. The first-order chi connectivity index (χ1) is 12.2. The van der Waals surface area contributed by atoms with Crippen LogP contribution in [0.1, 0.15) is 11.1 Å². The lowest BCUT2D eigenvalue weighted by Gasteiger charge is -2.19. The molecule has 1 amide bonds. The summed E-state index contributed by atoms with van der Waals surface area (Å²) in [6.45, 7) is -0.494. The lowest BCUT2D eigenvalue weighted by molar-refractivity contribution is -0.140. The molecule has 0 bridgehead atoms. The van der Waals surface area contributed by atoms with Crippen molar-refractivity contribution in [2.24, 2.45) is 0 Å². The predicted octanol–water partition coefficient (Wildman–Crippen LogP) is 3.89. The zero-order chi connectivity index (χ0) is 19.3. The van der Waals surface area contributed by atoms with Gasteiger partial charge in [0.25, 0.3) is 5.91 Å². The van der Waals surface area contributed by atoms with E-state index in [1.54, 1.807) is 6.07 Å². The van der Waals surface area contributed by atoms with Crippen molar-refractivity contribution in [3.05, 3.63) is 59.4 Å². The smallest absolute Gasteiger partial charge is 0.419 e. The number of amides is 1. The van der Waals surface area contributed by atoms with Gasteiger partial charge in [-0.05, 0) is 29.8 Å². The van der Waals surface area contributed by atoms with E-state index in [1.807, 2.05) is 0 Å². The average molecular weight is 371 g/mol. The average Bonchev–Trinajstić information content (AvgIpc) is 2.59. The molecular formula is C18H17F4NO3. The molecule has 0 fully saturated rings. The highest BCUT2D eigenvalue weighted by molar-refractivity contribution is 5.77. The van der Waals surface area contributed by atoms with Crippen molar-refractivity contribution in [2.45, 2.75) is 12.7 Å². The fourth-order valence-electron chi connectivity index (χ4n) is 2.25. The Hall–Kier alpha value is -2.77. The van der Waals surface area contributed by atoms with Gasteiger partial charge in [0.05, 0.1) is 12.7 Å². The highest BCUT2D eigenvalue weighted by Crippen LogP contribution is 2.35. The van der Waals surface area contributed by atoms with Crippen molar-refractivity contribution in [1.82, 2.24) is 4.90 Å². The minimum atomic E-state index is -4.58. The zero-order valence-electron chi connectivity index (χ0n) is 14.1. The number of rotatable bonds is 6. The van der Waals surface area contributed by atoms with Gasteiger partial charge in [-0.15, -0.1) is 0 Å². The fourth-order valence-corrected chi connectivity index (χ4v) is 2.25. The van der Waals surface area contributed by atoms with E-state index in [0.717, 1.165) is 12.1 Å². The minimum absolute atomic E-state index is 0.0734. The topological polar surface area (TPSA) is 38.8 Å². The van der Waals surface area contributed by atoms with Crippen LogP contribution in [-0.4, -0.2) is 31.6 Å². The molecule has 140 valence electrons. The van der Waals surface area contributed by atoms with E-state index in [4.69, 9.17) is 9.47 Å². The van der Waals surface area contributed by atoms with Gasteiger partial charge in [0.1, 0.15) is 5.75 Å². The predicted molar refractivity (Wildman–Crippen MR) is 86.4 cm³/mol. The molecule has 0 radical (unpaired) electrons. The summed E-state index contributed by atoms with van der Waals surface area (Å²) in [4.78, 5) is 13.3. The summed E-state index contributed by atoms with van der Waals surface area (Å²) in [6, 6.07) is 8.90. The number of carbonyl (C=O) groups is 1. The number of alkyl halides is 3. The summed E-state index contributed by atoms with van der Waals surface area (Å²) in [5.74, 6) is -1.45. The second-order valence-electron chi connectivity index (χ2n) is 5.50. The zero-order valence-corrected chi connectivity index (χ0v) is 14.1. The van der Waals surface area contributed by atoms with Gasteiger partial charge in [0.2, 0.25) is 0 Å². The van der Waals surface area contributed by atoms with Crippen LogP contribution in [0, 0.1) is 5.82 Å². The van der Waals surface area contributed by atoms with Gasteiger partial charge < -0.3 is 14.4 Å². The maximum Gasteiger partial charge on any atom is 0.419 e.